The number of aryl methyl sites for hydroxylation is 1. The first-order valence-corrected chi connectivity index (χ1v) is 12.3. The third-order valence-corrected chi connectivity index (χ3v) is 7.19. The molecule has 2 aliphatic rings. The Morgan fingerprint density at radius 2 is 1.88 bits per heavy atom. The van der Waals surface area contributed by atoms with Crippen molar-refractivity contribution in [1.82, 2.24) is 29.1 Å². The highest BCUT2D eigenvalue weighted by atomic mass is 15.3. The maximum Gasteiger partial charge on any atom is 0.138 e. The van der Waals surface area contributed by atoms with Crippen molar-refractivity contribution in [3.8, 4) is 0 Å². The van der Waals surface area contributed by atoms with Crippen LogP contribution < -0.4 is 4.90 Å². The van der Waals surface area contributed by atoms with Gasteiger partial charge in [-0.2, -0.15) is 0 Å². The number of fused-ring (bicyclic) bond motifs is 2. The first-order chi connectivity index (χ1) is 16.1. The van der Waals surface area contributed by atoms with Crippen molar-refractivity contribution in [3.05, 3.63) is 59.7 Å². The second-order valence-corrected chi connectivity index (χ2v) is 9.85. The summed E-state index contributed by atoms with van der Waals surface area (Å²) in [6, 6.07) is 11.2. The van der Waals surface area contributed by atoms with E-state index in [0.717, 1.165) is 70.0 Å². The second-order valence-electron chi connectivity index (χ2n) is 9.85. The second kappa shape index (κ2) is 9.79. The summed E-state index contributed by atoms with van der Waals surface area (Å²) in [7, 11) is 6.51. The lowest BCUT2D eigenvalue weighted by atomic mass is 9.91. The van der Waals surface area contributed by atoms with Crippen molar-refractivity contribution in [1.29, 1.82) is 0 Å². The van der Waals surface area contributed by atoms with Crippen molar-refractivity contribution in [2.75, 3.05) is 65.3 Å². The Labute approximate surface area is 197 Å². The van der Waals surface area contributed by atoms with Crippen molar-refractivity contribution in [2.45, 2.75) is 31.8 Å². The summed E-state index contributed by atoms with van der Waals surface area (Å²) in [5.41, 5.74) is 4.82. The third kappa shape index (κ3) is 4.90. The summed E-state index contributed by atoms with van der Waals surface area (Å²) in [4.78, 5) is 19.5. The summed E-state index contributed by atoms with van der Waals surface area (Å²) < 4.78 is 2.28. The van der Waals surface area contributed by atoms with E-state index in [9.17, 15) is 0 Å². The molecule has 0 aromatic carbocycles. The maximum absolute atomic E-state index is 4.98. The minimum atomic E-state index is 0.370. The van der Waals surface area contributed by atoms with Gasteiger partial charge in [-0.05, 0) is 64.2 Å². The highest BCUT2D eigenvalue weighted by Crippen LogP contribution is 2.32. The Morgan fingerprint density at radius 3 is 2.70 bits per heavy atom. The van der Waals surface area contributed by atoms with E-state index in [-0.39, 0.29) is 0 Å². The van der Waals surface area contributed by atoms with Gasteiger partial charge in [0.1, 0.15) is 11.5 Å². The van der Waals surface area contributed by atoms with Crippen molar-refractivity contribution >= 4 is 11.5 Å². The van der Waals surface area contributed by atoms with Crippen LogP contribution in [0.3, 0.4) is 0 Å². The van der Waals surface area contributed by atoms with E-state index in [1.54, 1.807) is 0 Å². The molecule has 0 amide bonds. The van der Waals surface area contributed by atoms with Crippen LogP contribution in [0.2, 0.25) is 0 Å². The molecule has 5 rings (SSSR count). The van der Waals surface area contributed by atoms with Crippen LogP contribution >= 0.6 is 0 Å². The average Bonchev–Trinajstić information content (AvgIpc) is 3.25. The van der Waals surface area contributed by atoms with Crippen LogP contribution in [0.25, 0.3) is 5.65 Å². The lowest BCUT2D eigenvalue weighted by molar-refractivity contribution is 0.206. The Bertz CT molecular complexity index is 1070. The van der Waals surface area contributed by atoms with Gasteiger partial charge in [0.25, 0.3) is 0 Å². The Kier molecular flexibility index (Phi) is 6.62. The minimum absolute atomic E-state index is 0.370. The van der Waals surface area contributed by atoms with Gasteiger partial charge >= 0.3 is 0 Å². The zero-order chi connectivity index (χ0) is 22.8. The number of rotatable bonds is 7. The number of imidazole rings is 1. The van der Waals surface area contributed by atoms with E-state index in [2.05, 4.69) is 81.7 Å². The molecule has 3 aromatic rings. The van der Waals surface area contributed by atoms with Gasteiger partial charge in [-0.15, -0.1) is 0 Å². The minimum Gasteiger partial charge on any atom is -0.355 e. The van der Waals surface area contributed by atoms with Crippen LogP contribution in [0.5, 0.6) is 0 Å². The number of hydrogen-bond acceptors (Lipinski definition) is 6. The molecule has 7 heteroatoms. The van der Waals surface area contributed by atoms with Crippen LogP contribution in [0.1, 0.15) is 35.8 Å². The van der Waals surface area contributed by atoms with Gasteiger partial charge < -0.3 is 9.80 Å². The number of piperazine rings is 1. The van der Waals surface area contributed by atoms with E-state index in [1.807, 2.05) is 6.20 Å². The van der Waals surface area contributed by atoms with Crippen LogP contribution in [-0.4, -0.2) is 89.5 Å². The molecule has 0 spiro atoms. The Morgan fingerprint density at radius 1 is 1.03 bits per heavy atom. The SMILES string of the molecule is CN(C)CCN1CCN(c2cccc3nc(CN(C)C4CCCc5cccnc54)cn23)CC1. The topological polar surface area (TPSA) is 43.2 Å². The molecule has 0 bridgehead atoms. The average molecular weight is 448 g/mol. The third-order valence-electron chi connectivity index (χ3n) is 7.19. The van der Waals surface area contributed by atoms with Crippen LogP contribution in [0, 0.1) is 0 Å². The van der Waals surface area contributed by atoms with E-state index in [0.29, 0.717) is 6.04 Å². The van der Waals surface area contributed by atoms with Crippen LogP contribution in [0.15, 0.2) is 42.7 Å². The summed E-state index contributed by atoms with van der Waals surface area (Å²) in [6.45, 7) is 7.45. The predicted octanol–water partition coefficient (Wildman–Crippen LogP) is 2.92. The fourth-order valence-corrected chi connectivity index (χ4v) is 5.30. The fourth-order valence-electron chi connectivity index (χ4n) is 5.30. The summed E-state index contributed by atoms with van der Waals surface area (Å²) in [6.07, 6.45) is 7.71. The first kappa shape index (κ1) is 22.3. The quantitative estimate of drug-likeness (QED) is 0.555. The fraction of sp³-hybridized carbons (Fsp3) is 0.538. The first-order valence-electron chi connectivity index (χ1n) is 12.3. The molecule has 1 unspecified atom stereocenters. The lowest BCUT2D eigenvalue weighted by Gasteiger charge is -2.36. The molecule has 0 saturated carbocycles. The summed E-state index contributed by atoms with van der Waals surface area (Å²) in [5, 5.41) is 0. The highest BCUT2D eigenvalue weighted by Gasteiger charge is 2.26. The van der Waals surface area contributed by atoms with Gasteiger partial charge in [-0.3, -0.25) is 19.2 Å². The van der Waals surface area contributed by atoms with E-state index in [1.165, 1.54) is 23.5 Å². The molecule has 176 valence electrons. The molecule has 7 nitrogen and oxygen atoms in total. The Hall–Kier alpha value is -2.48. The van der Waals surface area contributed by atoms with Gasteiger partial charge in [0.05, 0.1) is 17.4 Å². The summed E-state index contributed by atoms with van der Waals surface area (Å²) in [5.74, 6) is 1.26. The molecular formula is C26H37N7. The summed E-state index contributed by atoms with van der Waals surface area (Å²) >= 11 is 0. The molecule has 0 N–H and O–H groups in total. The van der Waals surface area contributed by atoms with Gasteiger partial charge in [0, 0.05) is 58.2 Å². The number of anilines is 1. The smallest absolute Gasteiger partial charge is 0.138 e. The van der Waals surface area contributed by atoms with Gasteiger partial charge in [0.15, 0.2) is 0 Å². The van der Waals surface area contributed by atoms with Gasteiger partial charge in [-0.25, -0.2) is 4.98 Å². The lowest BCUT2D eigenvalue weighted by Crippen LogP contribution is -2.48. The van der Waals surface area contributed by atoms with Crippen molar-refractivity contribution in [3.63, 3.8) is 0 Å². The van der Waals surface area contributed by atoms with E-state index in [4.69, 9.17) is 9.97 Å². The zero-order valence-corrected chi connectivity index (χ0v) is 20.3. The van der Waals surface area contributed by atoms with E-state index >= 15 is 0 Å². The largest absolute Gasteiger partial charge is 0.355 e. The Balaban J connectivity index is 1.29. The molecule has 4 heterocycles. The molecule has 1 saturated heterocycles. The standard InChI is InChI=1S/C26H37N7/c1-29(2)13-14-31-15-17-32(18-16-31)25-11-5-10-24-28-22(20-33(24)25)19-30(3)23-9-4-7-21-8-6-12-27-26(21)23/h5-6,8,10-12,20,23H,4,7,9,13-19H2,1-3H3. The number of likely N-dealkylation sites (N-methyl/N-ethyl adjacent to an activating group) is 1. The number of aromatic nitrogens is 3. The normalized spacial score (nSPS) is 19.5. The zero-order valence-electron chi connectivity index (χ0n) is 20.3. The van der Waals surface area contributed by atoms with Crippen LogP contribution in [-0.2, 0) is 13.0 Å². The van der Waals surface area contributed by atoms with Crippen molar-refractivity contribution in [2.24, 2.45) is 0 Å². The molecule has 1 atom stereocenters. The molecule has 1 aliphatic heterocycles. The molecule has 1 aliphatic carbocycles. The molecule has 0 radical (unpaired) electrons. The molecular weight excluding hydrogens is 410 g/mol. The monoisotopic (exact) mass is 447 g/mol. The van der Waals surface area contributed by atoms with Crippen LogP contribution in [0.4, 0.5) is 5.82 Å². The van der Waals surface area contributed by atoms with Crippen molar-refractivity contribution < 1.29 is 0 Å². The maximum atomic E-state index is 4.98. The molecule has 3 aromatic heterocycles. The number of nitrogens with zero attached hydrogens (tertiary/aromatic N) is 7. The van der Waals surface area contributed by atoms with E-state index < -0.39 is 0 Å². The number of pyridine rings is 2. The molecule has 1 fully saturated rings. The highest BCUT2D eigenvalue weighted by molar-refractivity contribution is 5.53. The number of hydrogen-bond donors (Lipinski definition) is 0. The predicted molar refractivity (Wildman–Crippen MR) is 134 cm³/mol. The van der Waals surface area contributed by atoms with Gasteiger partial charge in [-0.1, -0.05) is 12.1 Å². The molecule has 33 heavy (non-hydrogen) atoms. The van der Waals surface area contributed by atoms with Gasteiger partial charge in [0.2, 0.25) is 0 Å².